The van der Waals surface area contributed by atoms with Crippen molar-refractivity contribution < 1.29 is 5.11 Å². The first-order chi connectivity index (χ1) is 8.22. The maximum Gasteiger partial charge on any atom is 0.234 e. The Balaban J connectivity index is 2.14. The first-order valence-corrected chi connectivity index (χ1v) is 5.33. The number of aromatic hydroxyl groups is 1. The second-order valence-corrected chi connectivity index (χ2v) is 4.01. The second kappa shape index (κ2) is 3.59. The smallest absolute Gasteiger partial charge is 0.234 e. The third-order valence-corrected chi connectivity index (χ3v) is 2.60. The molecule has 0 aliphatic carbocycles. The van der Waals surface area contributed by atoms with E-state index in [2.05, 4.69) is 9.97 Å². The minimum absolute atomic E-state index is 0.256. The van der Waals surface area contributed by atoms with Gasteiger partial charge in [-0.3, -0.25) is 4.40 Å². The van der Waals surface area contributed by atoms with Crippen LogP contribution in [-0.4, -0.2) is 19.5 Å². The van der Waals surface area contributed by atoms with Crippen molar-refractivity contribution in [3.8, 4) is 17.0 Å². The summed E-state index contributed by atoms with van der Waals surface area (Å²) in [5.74, 6) is 0.935. The number of hydrogen-bond acceptors (Lipinski definition) is 3. The molecule has 0 radical (unpaired) electrons. The molecule has 3 aromatic rings. The lowest BCUT2D eigenvalue weighted by molar-refractivity contribution is 0.475. The van der Waals surface area contributed by atoms with Crippen molar-refractivity contribution in [2.45, 2.75) is 6.92 Å². The van der Waals surface area contributed by atoms with Crippen LogP contribution in [0.4, 0.5) is 0 Å². The Labute approximate surface area is 98.2 Å². The minimum atomic E-state index is 0.256. The van der Waals surface area contributed by atoms with Gasteiger partial charge in [0.1, 0.15) is 5.75 Å². The maximum atomic E-state index is 9.24. The van der Waals surface area contributed by atoms with E-state index in [0.717, 1.165) is 16.8 Å². The van der Waals surface area contributed by atoms with E-state index in [9.17, 15) is 5.11 Å². The fraction of sp³-hybridized carbons (Fsp3) is 0.0769. The molecule has 84 valence electrons. The number of aromatic nitrogens is 3. The highest BCUT2D eigenvalue weighted by molar-refractivity contribution is 5.62. The zero-order valence-electron chi connectivity index (χ0n) is 9.33. The fourth-order valence-electron chi connectivity index (χ4n) is 1.76. The molecule has 0 aliphatic rings. The van der Waals surface area contributed by atoms with Crippen molar-refractivity contribution in [2.24, 2.45) is 0 Å². The summed E-state index contributed by atoms with van der Waals surface area (Å²) in [5, 5.41) is 9.24. The molecule has 1 N–H and O–H groups in total. The topological polar surface area (TPSA) is 50.4 Å². The molecule has 4 heteroatoms. The van der Waals surface area contributed by atoms with Crippen LogP contribution in [-0.2, 0) is 0 Å². The van der Waals surface area contributed by atoms with E-state index < -0.39 is 0 Å². The second-order valence-electron chi connectivity index (χ2n) is 4.01. The molecule has 0 saturated carbocycles. The molecule has 0 atom stereocenters. The standard InChI is InChI=1S/C13H11N3O/c1-9-6-14-13-15-12(8-16(13)7-9)10-2-4-11(17)5-3-10/h2-8,17H,1H3. The molecule has 17 heavy (non-hydrogen) atoms. The Morgan fingerprint density at radius 3 is 2.65 bits per heavy atom. The van der Waals surface area contributed by atoms with Crippen LogP contribution in [0, 0.1) is 6.92 Å². The Hall–Kier alpha value is -2.36. The van der Waals surface area contributed by atoms with E-state index in [-0.39, 0.29) is 5.75 Å². The van der Waals surface area contributed by atoms with Gasteiger partial charge in [0, 0.05) is 24.2 Å². The molecule has 0 fully saturated rings. The number of aryl methyl sites for hydroxylation is 1. The van der Waals surface area contributed by atoms with Gasteiger partial charge < -0.3 is 5.11 Å². The molecule has 4 nitrogen and oxygen atoms in total. The molecule has 3 rings (SSSR count). The Morgan fingerprint density at radius 2 is 1.88 bits per heavy atom. The molecule has 0 amide bonds. The van der Waals surface area contributed by atoms with Crippen LogP contribution in [0.5, 0.6) is 5.75 Å². The van der Waals surface area contributed by atoms with Gasteiger partial charge in [-0.25, -0.2) is 9.97 Å². The van der Waals surface area contributed by atoms with E-state index in [0.29, 0.717) is 5.78 Å². The molecular weight excluding hydrogens is 214 g/mol. The average molecular weight is 225 g/mol. The molecule has 0 saturated heterocycles. The zero-order chi connectivity index (χ0) is 11.8. The van der Waals surface area contributed by atoms with Crippen molar-refractivity contribution >= 4 is 5.78 Å². The Morgan fingerprint density at radius 1 is 1.12 bits per heavy atom. The average Bonchev–Trinajstić information content (AvgIpc) is 2.72. The van der Waals surface area contributed by atoms with Gasteiger partial charge in [0.05, 0.1) is 5.69 Å². The van der Waals surface area contributed by atoms with Crippen molar-refractivity contribution in [3.05, 3.63) is 48.4 Å². The van der Waals surface area contributed by atoms with Crippen LogP contribution < -0.4 is 0 Å². The number of fused-ring (bicyclic) bond motifs is 1. The quantitative estimate of drug-likeness (QED) is 0.691. The lowest BCUT2D eigenvalue weighted by Crippen LogP contribution is -1.87. The van der Waals surface area contributed by atoms with E-state index in [1.807, 2.05) is 35.9 Å². The first kappa shape index (κ1) is 9.84. The van der Waals surface area contributed by atoms with Crippen LogP contribution in [0.3, 0.4) is 0 Å². The van der Waals surface area contributed by atoms with Gasteiger partial charge in [0.15, 0.2) is 0 Å². The van der Waals surface area contributed by atoms with Crippen LogP contribution in [0.15, 0.2) is 42.9 Å². The van der Waals surface area contributed by atoms with Gasteiger partial charge >= 0.3 is 0 Å². The minimum Gasteiger partial charge on any atom is -0.508 e. The van der Waals surface area contributed by atoms with E-state index in [1.165, 1.54) is 0 Å². The monoisotopic (exact) mass is 225 g/mol. The third-order valence-electron chi connectivity index (χ3n) is 2.60. The molecule has 0 bridgehead atoms. The predicted octanol–water partition coefficient (Wildman–Crippen LogP) is 2.41. The van der Waals surface area contributed by atoms with Gasteiger partial charge in [0.2, 0.25) is 5.78 Å². The number of rotatable bonds is 1. The largest absolute Gasteiger partial charge is 0.508 e. The Bertz CT molecular complexity index is 671. The summed E-state index contributed by atoms with van der Waals surface area (Å²) in [5.41, 5.74) is 2.90. The molecular formula is C13H11N3O. The van der Waals surface area contributed by atoms with Gasteiger partial charge in [-0.15, -0.1) is 0 Å². The van der Waals surface area contributed by atoms with Gasteiger partial charge in [-0.05, 0) is 36.8 Å². The highest BCUT2D eigenvalue weighted by atomic mass is 16.3. The van der Waals surface area contributed by atoms with Crippen molar-refractivity contribution in [1.29, 1.82) is 0 Å². The first-order valence-electron chi connectivity index (χ1n) is 5.33. The number of hydrogen-bond donors (Lipinski definition) is 1. The molecule has 0 unspecified atom stereocenters. The van der Waals surface area contributed by atoms with Crippen molar-refractivity contribution in [3.63, 3.8) is 0 Å². The summed E-state index contributed by atoms with van der Waals surface area (Å²) in [4.78, 5) is 8.67. The molecule has 0 aliphatic heterocycles. The number of phenols is 1. The van der Waals surface area contributed by atoms with Crippen LogP contribution >= 0.6 is 0 Å². The normalized spacial score (nSPS) is 10.9. The van der Waals surface area contributed by atoms with E-state index in [1.54, 1.807) is 18.3 Å². The van der Waals surface area contributed by atoms with Gasteiger partial charge in [-0.2, -0.15) is 0 Å². The van der Waals surface area contributed by atoms with E-state index >= 15 is 0 Å². The summed E-state index contributed by atoms with van der Waals surface area (Å²) in [6.45, 7) is 1.99. The number of nitrogens with zero attached hydrogens (tertiary/aromatic N) is 3. The van der Waals surface area contributed by atoms with Gasteiger partial charge in [-0.1, -0.05) is 0 Å². The number of imidazole rings is 1. The fourth-order valence-corrected chi connectivity index (χ4v) is 1.76. The molecule has 2 aromatic heterocycles. The zero-order valence-corrected chi connectivity index (χ0v) is 9.33. The third kappa shape index (κ3) is 1.73. The lowest BCUT2D eigenvalue weighted by atomic mass is 10.2. The Kier molecular flexibility index (Phi) is 2.08. The van der Waals surface area contributed by atoms with Crippen molar-refractivity contribution in [1.82, 2.24) is 14.4 Å². The molecule has 2 heterocycles. The number of benzene rings is 1. The summed E-state index contributed by atoms with van der Waals surface area (Å²) < 4.78 is 1.90. The predicted molar refractivity (Wildman–Crippen MR) is 64.8 cm³/mol. The summed E-state index contributed by atoms with van der Waals surface area (Å²) in [7, 11) is 0. The number of phenolic OH excluding ortho intramolecular Hbond substituents is 1. The molecule has 0 spiro atoms. The summed E-state index contributed by atoms with van der Waals surface area (Å²) in [6, 6.07) is 6.98. The summed E-state index contributed by atoms with van der Waals surface area (Å²) >= 11 is 0. The highest BCUT2D eigenvalue weighted by Crippen LogP contribution is 2.21. The summed E-state index contributed by atoms with van der Waals surface area (Å²) in [6.07, 6.45) is 5.71. The van der Waals surface area contributed by atoms with Crippen LogP contribution in [0.1, 0.15) is 5.56 Å². The SMILES string of the molecule is Cc1cnc2nc(-c3ccc(O)cc3)cn2c1. The van der Waals surface area contributed by atoms with E-state index in [4.69, 9.17) is 0 Å². The van der Waals surface area contributed by atoms with Crippen molar-refractivity contribution in [2.75, 3.05) is 0 Å². The lowest BCUT2D eigenvalue weighted by Gasteiger charge is -1.95. The van der Waals surface area contributed by atoms with Crippen LogP contribution in [0.25, 0.3) is 17.0 Å². The van der Waals surface area contributed by atoms with Crippen LogP contribution in [0.2, 0.25) is 0 Å². The molecule has 1 aromatic carbocycles. The highest BCUT2D eigenvalue weighted by Gasteiger charge is 2.04. The van der Waals surface area contributed by atoms with Gasteiger partial charge in [0.25, 0.3) is 0 Å². The maximum absolute atomic E-state index is 9.24.